The first-order valence-electron chi connectivity index (χ1n) is 3.98. The first-order chi connectivity index (χ1) is 6.27. The van der Waals surface area contributed by atoms with E-state index in [0.717, 1.165) is 23.0 Å². The zero-order valence-electron chi connectivity index (χ0n) is 6.83. The normalized spacial score (nSPS) is 17.6. The summed E-state index contributed by atoms with van der Waals surface area (Å²) in [5, 5.41) is 0. The Morgan fingerprint density at radius 1 is 1.62 bits per heavy atom. The Kier molecular flexibility index (Phi) is 2.02. The SMILES string of the molecule is O=C=NC1(c2cc(Br)ccn2)CC1. The van der Waals surface area contributed by atoms with Crippen LogP contribution in [0.1, 0.15) is 18.5 Å². The monoisotopic (exact) mass is 238 g/mol. The number of carbonyl (C=O) groups excluding carboxylic acids is 1. The largest absolute Gasteiger partial charge is 0.259 e. The molecule has 3 nitrogen and oxygen atoms in total. The molecule has 1 aromatic rings. The highest BCUT2D eigenvalue weighted by atomic mass is 79.9. The van der Waals surface area contributed by atoms with Gasteiger partial charge in [0.05, 0.1) is 5.69 Å². The summed E-state index contributed by atoms with van der Waals surface area (Å²) >= 11 is 3.35. The van der Waals surface area contributed by atoms with Crippen LogP contribution in [0.15, 0.2) is 27.8 Å². The third kappa shape index (κ3) is 1.55. The standard InChI is InChI=1S/C9H7BrN2O/c10-7-1-4-11-8(5-7)9(2-3-9)12-6-13/h1,4-5H,2-3H2. The van der Waals surface area contributed by atoms with Crippen LogP contribution in [0.5, 0.6) is 0 Å². The molecule has 0 N–H and O–H groups in total. The van der Waals surface area contributed by atoms with Crippen LogP contribution >= 0.6 is 15.9 Å². The average molecular weight is 239 g/mol. The zero-order valence-corrected chi connectivity index (χ0v) is 8.41. The van der Waals surface area contributed by atoms with Crippen molar-refractivity contribution >= 4 is 22.0 Å². The van der Waals surface area contributed by atoms with Crippen LogP contribution in [0, 0.1) is 0 Å². The second kappa shape index (κ2) is 3.05. The van der Waals surface area contributed by atoms with Gasteiger partial charge in [0.25, 0.3) is 0 Å². The molecule has 0 unspecified atom stereocenters. The average Bonchev–Trinajstić information content (AvgIpc) is 2.86. The lowest BCUT2D eigenvalue weighted by Crippen LogP contribution is -2.04. The van der Waals surface area contributed by atoms with Crippen LogP contribution in [-0.2, 0) is 10.3 Å². The molecule has 66 valence electrons. The minimum absolute atomic E-state index is 0.356. The van der Waals surface area contributed by atoms with E-state index in [1.54, 1.807) is 12.3 Å². The molecule has 0 saturated heterocycles. The smallest absolute Gasteiger partial charge is 0.235 e. The number of aromatic nitrogens is 1. The second-order valence-corrected chi connectivity index (χ2v) is 4.01. The van der Waals surface area contributed by atoms with Gasteiger partial charge in [-0.1, -0.05) is 15.9 Å². The van der Waals surface area contributed by atoms with Gasteiger partial charge in [0.15, 0.2) is 0 Å². The summed E-state index contributed by atoms with van der Waals surface area (Å²) in [6.45, 7) is 0. The van der Waals surface area contributed by atoms with Crippen LogP contribution in [0.3, 0.4) is 0 Å². The number of pyridine rings is 1. The van der Waals surface area contributed by atoms with Crippen molar-refractivity contribution in [3.05, 3.63) is 28.5 Å². The third-order valence-electron chi connectivity index (χ3n) is 2.18. The summed E-state index contributed by atoms with van der Waals surface area (Å²) in [5.74, 6) is 0. The predicted molar refractivity (Wildman–Crippen MR) is 51.0 cm³/mol. The molecule has 4 heteroatoms. The lowest BCUT2D eigenvalue weighted by Gasteiger charge is -2.05. The van der Waals surface area contributed by atoms with Gasteiger partial charge >= 0.3 is 0 Å². The summed E-state index contributed by atoms with van der Waals surface area (Å²) in [6, 6.07) is 3.75. The lowest BCUT2D eigenvalue weighted by atomic mass is 10.2. The molecule has 1 aliphatic rings. The van der Waals surface area contributed by atoms with E-state index < -0.39 is 0 Å². The van der Waals surface area contributed by atoms with Crippen molar-refractivity contribution in [1.82, 2.24) is 4.98 Å². The van der Waals surface area contributed by atoms with Crippen molar-refractivity contribution in [2.45, 2.75) is 18.4 Å². The summed E-state index contributed by atoms with van der Waals surface area (Å²) in [5.41, 5.74) is 0.496. The Labute approximate surface area is 84.0 Å². The highest BCUT2D eigenvalue weighted by Gasteiger charge is 2.46. The van der Waals surface area contributed by atoms with E-state index in [-0.39, 0.29) is 5.54 Å². The maximum atomic E-state index is 10.2. The summed E-state index contributed by atoms with van der Waals surface area (Å²) < 4.78 is 0.963. The van der Waals surface area contributed by atoms with E-state index in [1.165, 1.54) is 0 Å². The molecule has 0 atom stereocenters. The first kappa shape index (κ1) is 8.60. The van der Waals surface area contributed by atoms with Gasteiger partial charge in [-0.05, 0) is 25.0 Å². The van der Waals surface area contributed by atoms with Gasteiger partial charge in [-0.15, -0.1) is 0 Å². The maximum absolute atomic E-state index is 10.2. The fourth-order valence-corrected chi connectivity index (χ4v) is 1.63. The maximum Gasteiger partial charge on any atom is 0.235 e. The number of rotatable bonds is 2. The Morgan fingerprint density at radius 3 is 2.92 bits per heavy atom. The van der Waals surface area contributed by atoms with E-state index >= 15 is 0 Å². The number of hydrogen-bond acceptors (Lipinski definition) is 3. The first-order valence-corrected chi connectivity index (χ1v) is 4.77. The molecule has 0 radical (unpaired) electrons. The van der Waals surface area contributed by atoms with Crippen LogP contribution < -0.4 is 0 Å². The zero-order chi connectivity index (χ0) is 9.31. The van der Waals surface area contributed by atoms with Crippen LogP contribution in [0.2, 0.25) is 0 Å². The lowest BCUT2D eigenvalue weighted by molar-refractivity contribution is 0.555. The molecule has 0 bridgehead atoms. The van der Waals surface area contributed by atoms with Crippen LogP contribution in [0.25, 0.3) is 0 Å². The molecule has 0 aromatic carbocycles. The molecule has 1 fully saturated rings. The van der Waals surface area contributed by atoms with E-state index in [9.17, 15) is 4.79 Å². The Morgan fingerprint density at radius 2 is 2.38 bits per heavy atom. The van der Waals surface area contributed by atoms with Gasteiger partial charge in [0.1, 0.15) is 5.54 Å². The van der Waals surface area contributed by atoms with Gasteiger partial charge in [-0.3, -0.25) is 4.98 Å². The van der Waals surface area contributed by atoms with Gasteiger partial charge in [-0.25, -0.2) is 4.79 Å². The fourth-order valence-electron chi connectivity index (χ4n) is 1.29. The second-order valence-electron chi connectivity index (χ2n) is 3.09. The van der Waals surface area contributed by atoms with Crippen molar-refractivity contribution in [1.29, 1.82) is 0 Å². The van der Waals surface area contributed by atoms with Gasteiger partial charge < -0.3 is 0 Å². The van der Waals surface area contributed by atoms with Crippen molar-refractivity contribution in [3.8, 4) is 0 Å². The molecule has 0 aliphatic heterocycles. The number of aliphatic imine (C=N–C) groups is 1. The Balaban J connectivity index is 2.40. The Hall–Kier alpha value is -0.990. The summed E-state index contributed by atoms with van der Waals surface area (Å²) in [4.78, 5) is 18.2. The van der Waals surface area contributed by atoms with Crippen molar-refractivity contribution < 1.29 is 4.79 Å². The molecule has 1 saturated carbocycles. The van der Waals surface area contributed by atoms with Crippen LogP contribution in [0.4, 0.5) is 0 Å². The number of isocyanates is 1. The van der Waals surface area contributed by atoms with Crippen molar-refractivity contribution in [2.75, 3.05) is 0 Å². The quantitative estimate of drug-likeness (QED) is 0.586. The van der Waals surface area contributed by atoms with Crippen LogP contribution in [-0.4, -0.2) is 11.1 Å². The summed E-state index contributed by atoms with van der Waals surface area (Å²) in [6.07, 6.45) is 5.11. The predicted octanol–water partition coefficient (Wildman–Crippen LogP) is 2.17. The molecule has 0 amide bonds. The Bertz CT molecular complexity index is 381. The molecular weight excluding hydrogens is 232 g/mol. The van der Waals surface area contributed by atoms with E-state index in [4.69, 9.17) is 0 Å². The van der Waals surface area contributed by atoms with Gasteiger partial charge in [-0.2, -0.15) is 4.99 Å². The van der Waals surface area contributed by atoms with E-state index in [2.05, 4.69) is 25.9 Å². The highest BCUT2D eigenvalue weighted by molar-refractivity contribution is 9.10. The summed E-state index contributed by atoms with van der Waals surface area (Å²) in [7, 11) is 0. The fraction of sp³-hybridized carbons (Fsp3) is 0.333. The van der Waals surface area contributed by atoms with Crippen molar-refractivity contribution in [2.24, 2.45) is 4.99 Å². The minimum atomic E-state index is -0.356. The third-order valence-corrected chi connectivity index (χ3v) is 2.68. The highest BCUT2D eigenvalue weighted by Crippen LogP contribution is 2.48. The molecule has 0 spiro atoms. The van der Waals surface area contributed by atoms with E-state index in [0.29, 0.717) is 0 Å². The molecule has 1 aliphatic carbocycles. The van der Waals surface area contributed by atoms with E-state index in [1.807, 2.05) is 12.1 Å². The number of nitrogens with zero attached hydrogens (tertiary/aromatic N) is 2. The minimum Gasteiger partial charge on any atom is -0.259 e. The molecule has 1 heterocycles. The van der Waals surface area contributed by atoms with Gasteiger partial charge in [0.2, 0.25) is 6.08 Å². The molecular formula is C9H7BrN2O. The number of halogens is 1. The molecule has 1 aromatic heterocycles. The topological polar surface area (TPSA) is 42.3 Å². The van der Waals surface area contributed by atoms with Crippen molar-refractivity contribution in [3.63, 3.8) is 0 Å². The number of hydrogen-bond donors (Lipinski definition) is 0. The molecule has 13 heavy (non-hydrogen) atoms. The van der Waals surface area contributed by atoms with Gasteiger partial charge in [0, 0.05) is 10.7 Å². The molecule has 2 rings (SSSR count).